The number of hydroxylamine groups is 2. The van der Waals surface area contributed by atoms with Crippen molar-refractivity contribution in [2.24, 2.45) is 17.8 Å². The standard InChI is InChI=1S/C15H17NO/c1-16-14(10-5-3-2-4-6-10)13-11-7-8-12(9-11)15(13)17-16/h2-8,11-15H,9H2,1H3/t11-,12-,13+,14-,15+/m0/s1. The molecule has 0 spiro atoms. The van der Waals surface area contributed by atoms with Crippen molar-refractivity contribution in [1.82, 2.24) is 5.06 Å². The largest absolute Gasteiger partial charge is 0.294 e. The quantitative estimate of drug-likeness (QED) is 0.684. The predicted octanol–water partition coefficient (Wildman–Crippen LogP) is 2.80. The van der Waals surface area contributed by atoms with Gasteiger partial charge in [0.2, 0.25) is 0 Å². The van der Waals surface area contributed by atoms with Crippen molar-refractivity contribution in [3.63, 3.8) is 0 Å². The highest BCUT2D eigenvalue weighted by Gasteiger charge is 2.55. The SMILES string of the molecule is CN1O[C@H]2[C@H]([C@H]3C=C[C@H]2C3)[C@@H]1c1ccccc1. The second-order valence-corrected chi connectivity index (χ2v) is 5.50. The zero-order valence-corrected chi connectivity index (χ0v) is 9.99. The van der Waals surface area contributed by atoms with Gasteiger partial charge in [-0.2, -0.15) is 5.06 Å². The molecule has 17 heavy (non-hydrogen) atoms. The van der Waals surface area contributed by atoms with E-state index in [0.29, 0.717) is 24.0 Å². The summed E-state index contributed by atoms with van der Waals surface area (Å²) in [5, 5.41) is 2.08. The Morgan fingerprint density at radius 1 is 1.12 bits per heavy atom. The van der Waals surface area contributed by atoms with E-state index in [1.54, 1.807) is 0 Å². The lowest BCUT2D eigenvalue weighted by atomic mass is 9.82. The zero-order valence-electron chi connectivity index (χ0n) is 9.99. The number of nitrogens with zero attached hydrogens (tertiary/aromatic N) is 1. The fraction of sp³-hybridized carbons (Fsp3) is 0.467. The molecule has 0 aromatic heterocycles. The molecule has 88 valence electrons. The molecule has 1 aliphatic heterocycles. The third kappa shape index (κ3) is 1.28. The first kappa shape index (κ1) is 9.86. The molecule has 0 unspecified atom stereocenters. The van der Waals surface area contributed by atoms with Crippen molar-refractivity contribution >= 4 is 0 Å². The Kier molecular flexibility index (Phi) is 1.99. The minimum Gasteiger partial charge on any atom is -0.294 e. The van der Waals surface area contributed by atoms with Crippen LogP contribution in [0.3, 0.4) is 0 Å². The molecule has 2 heteroatoms. The van der Waals surface area contributed by atoms with E-state index in [-0.39, 0.29) is 0 Å². The van der Waals surface area contributed by atoms with Crippen molar-refractivity contribution in [3.05, 3.63) is 48.0 Å². The number of fused-ring (bicyclic) bond motifs is 5. The third-order valence-electron chi connectivity index (χ3n) is 4.63. The Morgan fingerprint density at radius 3 is 2.71 bits per heavy atom. The summed E-state index contributed by atoms with van der Waals surface area (Å²) in [4.78, 5) is 6.07. The van der Waals surface area contributed by atoms with Gasteiger partial charge >= 0.3 is 0 Å². The van der Waals surface area contributed by atoms with Crippen LogP contribution in [0, 0.1) is 17.8 Å². The van der Waals surface area contributed by atoms with E-state index in [9.17, 15) is 0 Å². The molecule has 5 atom stereocenters. The maximum Gasteiger partial charge on any atom is 0.0908 e. The van der Waals surface area contributed by atoms with Crippen molar-refractivity contribution in [1.29, 1.82) is 0 Å². The van der Waals surface area contributed by atoms with Gasteiger partial charge in [0.25, 0.3) is 0 Å². The van der Waals surface area contributed by atoms with Gasteiger partial charge in [-0.25, -0.2) is 0 Å². The monoisotopic (exact) mass is 227 g/mol. The van der Waals surface area contributed by atoms with E-state index < -0.39 is 0 Å². The van der Waals surface area contributed by atoms with Gasteiger partial charge in [0.15, 0.2) is 0 Å². The van der Waals surface area contributed by atoms with Gasteiger partial charge in [0.05, 0.1) is 12.1 Å². The molecular formula is C15H17NO. The van der Waals surface area contributed by atoms with E-state index in [0.717, 1.165) is 5.92 Å². The summed E-state index contributed by atoms with van der Waals surface area (Å²) >= 11 is 0. The first-order chi connectivity index (χ1) is 8.34. The van der Waals surface area contributed by atoms with E-state index in [1.165, 1.54) is 12.0 Å². The molecule has 1 aromatic rings. The Morgan fingerprint density at radius 2 is 1.88 bits per heavy atom. The van der Waals surface area contributed by atoms with Gasteiger partial charge in [-0.1, -0.05) is 42.5 Å². The lowest BCUT2D eigenvalue weighted by Gasteiger charge is -2.25. The molecule has 2 bridgehead atoms. The van der Waals surface area contributed by atoms with Crippen LogP contribution in [0.15, 0.2) is 42.5 Å². The molecule has 2 aliphatic carbocycles. The van der Waals surface area contributed by atoms with Crippen molar-refractivity contribution < 1.29 is 4.84 Å². The average molecular weight is 227 g/mol. The fourth-order valence-electron chi connectivity index (χ4n) is 3.96. The maximum atomic E-state index is 6.07. The number of allylic oxidation sites excluding steroid dienone is 1. The van der Waals surface area contributed by atoms with Gasteiger partial charge in [-0.15, -0.1) is 0 Å². The second-order valence-electron chi connectivity index (χ2n) is 5.50. The molecule has 1 heterocycles. The number of hydrogen-bond acceptors (Lipinski definition) is 2. The Bertz CT molecular complexity index is 455. The van der Waals surface area contributed by atoms with Crippen LogP contribution in [-0.4, -0.2) is 18.2 Å². The lowest BCUT2D eigenvalue weighted by Crippen LogP contribution is -2.24. The number of hydrogen-bond donors (Lipinski definition) is 0. The molecule has 0 amide bonds. The molecule has 0 N–H and O–H groups in total. The smallest absolute Gasteiger partial charge is 0.0908 e. The number of rotatable bonds is 1. The van der Waals surface area contributed by atoms with Gasteiger partial charge < -0.3 is 0 Å². The van der Waals surface area contributed by atoms with Gasteiger partial charge in [0, 0.05) is 18.9 Å². The zero-order chi connectivity index (χ0) is 11.4. The average Bonchev–Trinajstić information content (AvgIpc) is 3.00. The van der Waals surface area contributed by atoms with Crippen molar-refractivity contribution in [2.75, 3.05) is 7.05 Å². The summed E-state index contributed by atoms with van der Waals surface area (Å²) in [5.74, 6) is 2.03. The van der Waals surface area contributed by atoms with E-state index in [1.807, 2.05) is 0 Å². The van der Waals surface area contributed by atoms with Gasteiger partial charge in [-0.3, -0.25) is 4.84 Å². The first-order valence-electron chi connectivity index (χ1n) is 6.47. The molecule has 1 saturated carbocycles. The van der Waals surface area contributed by atoms with Crippen LogP contribution in [0.1, 0.15) is 18.0 Å². The third-order valence-corrected chi connectivity index (χ3v) is 4.63. The summed E-state index contributed by atoms with van der Waals surface area (Å²) in [5.41, 5.74) is 1.39. The van der Waals surface area contributed by atoms with Crippen molar-refractivity contribution in [3.8, 4) is 0 Å². The summed E-state index contributed by atoms with van der Waals surface area (Å²) in [6.45, 7) is 0. The van der Waals surface area contributed by atoms with Gasteiger partial charge in [0.1, 0.15) is 0 Å². The summed E-state index contributed by atoms with van der Waals surface area (Å²) < 4.78 is 0. The summed E-state index contributed by atoms with van der Waals surface area (Å²) in [6, 6.07) is 11.2. The lowest BCUT2D eigenvalue weighted by molar-refractivity contribution is -0.152. The molecule has 1 aromatic carbocycles. The van der Waals surface area contributed by atoms with Crippen LogP contribution in [0.4, 0.5) is 0 Å². The van der Waals surface area contributed by atoms with Crippen LogP contribution >= 0.6 is 0 Å². The Balaban J connectivity index is 1.74. The highest BCUT2D eigenvalue weighted by molar-refractivity contribution is 5.26. The maximum absolute atomic E-state index is 6.07. The number of benzene rings is 1. The van der Waals surface area contributed by atoms with Crippen LogP contribution < -0.4 is 0 Å². The highest BCUT2D eigenvalue weighted by atomic mass is 16.7. The minimum absolute atomic E-state index is 0.417. The second kappa shape index (κ2) is 3.44. The van der Waals surface area contributed by atoms with Crippen LogP contribution in [0.25, 0.3) is 0 Å². The van der Waals surface area contributed by atoms with E-state index in [4.69, 9.17) is 4.84 Å². The van der Waals surface area contributed by atoms with Gasteiger partial charge in [-0.05, 0) is 17.9 Å². The molecule has 1 saturated heterocycles. The fourth-order valence-corrected chi connectivity index (χ4v) is 3.96. The Hall–Kier alpha value is -1.12. The van der Waals surface area contributed by atoms with E-state index >= 15 is 0 Å². The van der Waals surface area contributed by atoms with Crippen LogP contribution in [0.5, 0.6) is 0 Å². The summed E-state index contributed by atoms with van der Waals surface area (Å²) in [6.07, 6.45) is 6.48. The minimum atomic E-state index is 0.417. The molecule has 0 radical (unpaired) electrons. The van der Waals surface area contributed by atoms with Crippen LogP contribution in [-0.2, 0) is 4.84 Å². The molecule has 4 rings (SSSR count). The van der Waals surface area contributed by atoms with E-state index in [2.05, 4.69) is 54.6 Å². The molecular weight excluding hydrogens is 210 g/mol. The molecule has 2 fully saturated rings. The van der Waals surface area contributed by atoms with Crippen LogP contribution in [0.2, 0.25) is 0 Å². The molecule has 3 aliphatic rings. The highest BCUT2D eigenvalue weighted by Crippen LogP contribution is 2.55. The Labute approximate surface area is 102 Å². The topological polar surface area (TPSA) is 12.5 Å². The normalized spacial score (nSPS) is 43.2. The van der Waals surface area contributed by atoms with Crippen molar-refractivity contribution in [2.45, 2.75) is 18.6 Å². The predicted molar refractivity (Wildman–Crippen MR) is 66.0 cm³/mol. The summed E-state index contributed by atoms with van der Waals surface area (Å²) in [7, 11) is 2.08. The molecule has 2 nitrogen and oxygen atoms in total. The first-order valence-corrected chi connectivity index (χ1v) is 6.47.